The lowest BCUT2D eigenvalue weighted by Gasteiger charge is -2.41. The molecule has 6 nitrogen and oxygen atoms in total. The highest BCUT2D eigenvalue weighted by molar-refractivity contribution is 5.97. The average Bonchev–Trinajstić information content (AvgIpc) is 3.03. The Bertz CT molecular complexity index is 727. The van der Waals surface area contributed by atoms with Gasteiger partial charge in [0.25, 0.3) is 5.91 Å². The molecular weight excluding hydrogens is 330 g/mol. The first-order chi connectivity index (χ1) is 12.7. The van der Waals surface area contributed by atoms with Crippen molar-refractivity contribution in [3.8, 4) is 5.75 Å². The van der Waals surface area contributed by atoms with Gasteiger partial charge in [0.1, 0.15) is 12.4 Å². The van der Waals surface area contributed by atoms with E-state index in [9.17, 15) is 9.59 Å². The van der Waals surface area contributed by atoms with Crippen molar-refractivity contribution in [2.75, 3.05) is 19.7 Å². The minimum Gasteiger partial charge on any atom is -0.489 e. The topological polar surface area (TPSA) is 79.5 Å². The number of carbonyl (C=O) groups is 2. The summed E-state index contributed by atoms with van der Waals surface area (Å²) in [7, 11) is 0. The number of benzene rings is 1. The predicted molar refractivity (Wildman–Crippen MR) is 98.0 cm³/mol. The average molecular weight is 355 g/mol. The van der Waals surface area contributed by atoms with E-state index >= 15 is 0 Å². The van der Waals surface area contributed by atoms with Crippen LogP contribution in [0.3, 0.4) is 0 Å². The van der Waals surface area contributed by atoms with Crippen molar-refractivity contribution >= 4 is 11.8 Å². The Morgan fingerprint density at radius 2 is 1.77 bits per heavy atom. The van der Waals surface area contributed by atoms with Crippen LogP contribution in [0.5, 0.6) is 5.75 Å². The second kappa shape index (κ2) is 7.11. The van der Waals surface area contributed by atoms with Gasteiger partial charge in [-0.15, -0.1) is 0 Å². The number of rotatable bonds is 0. The quantitative estimate of drug-likeness (QED) is 0.615. The molecule has 6 heteroatoms. The van der Waals surface area contributed by atoms with Crippen LogP contribution in [0.4, 0.5) is 0 Å². The number of hydrogen-bond acceptors (Lipinski definition) is 4. The van der Waals surface area contributed by atoms with Gasteiger partial charge in [-0.3, -0.25) is 9.59 Å². The van der Waals surface area contributed by atoms with Crippen LogP contribution in [0, 0.1) is 5.41 Å². The molecule has 0 aromatic heterocycles. The van der Waals surface area contributed by atoms with E-state index in [4.69, 9.17) is 4.74 Å². The molecule has 1 spiro atoms. The normalized spacial score (nSPS) is 29.2. The fourth-order valence-electron chi connectivity index (χ4n) is 3.99. The van der Waals surface area contributed by atoms with Gasteiger partial charge in [-0.2, -0.15) is 0 Å². The van der Waals surface area contributed by atoms with Crippen molar-refractivity contribution in [2.45, 2.75) is 37.8 Å². The van der Waals surface area contributed by atoms with E-state index in [-0.39, 0.29) is 29.3 Å². The van der Waals surface area contributed by atoms with Gasteiger partial charge in [-0.1, -0.05) is 24.3 Å². The smallest absolute Gasteiger partial charge is 0.255 e. The van der Waals surface area contributed by atoms with E-state index in [1.807, 2.05) is 30.4 Å². The first-order valence-corrected chi connectivity index (χ1v) is 9.37. The first kappa shape index (κ1) is 17.1. The van der Waals surface area contributed by atoms with Gasteiger partial charge in [-0.05, 0) is 37.8 Å². The summed E-state index contributed by atoms with van der Waals surface area (Å²) in [6.07, 6.45) is 7.41. The molecule has 138 valence electrons. The monoisotopic (exact) mass is 355 g/mol. The summed E-state index contributed by atoms with van der Waals surface area (Å²) in [6, 6.07) is 7.25. The molecular formula is C20H25N3O3. The fourth-order valence-corrected chi connectivity index (χ4v) is 3.99. The molecule has 0 bridgehead atoms. The second-order valence-corrected chi connectivity index (χ2v) is 7.46. The van der Waals surface area contributed by atoms with E-state index < -0.39 is 0 Å². The molecule has 1 aromatic rings. The number of ether oxygens (including phenoxy) is 1. The predicted octanol–water partition coefficient (Wildman–Crippen LogP) is 1.38. The van der Waals surface area contributed by atoms with Crippen LogP contribution < -0.4 is 20.7 Å². The third kappa shape index (κ3) is 3.21. The third-order valence-corrected chi connectivity index (χ3v) is 5.70. The summed E-state index contributed by atoms with van der Waals surface area (Å²) in [4.78, 5) is 25.6. The molecule has 1 saturated heterocycles. The van der Waals surface area contributed by atoms with E-state index in [0.29, 0.717) is 37.4 Å². The Morgan fingerprint density at radius 1 is 1.00 bits per heavy atom. The highest BCUT2D eigenvalue weighted by atomic mass is 16.5. The number of allylic oxidation sites excluding steroid dienone is 1. The van der Waals surface area contributed by atoms with Gasteiger partial charge < -0.3 is 20.7 Å². The molecule has 0 radical (unpaired) electrons. The van der Waals surface area contributed by atoms with Crippen molar-refractivity contribution in [2.24, 2.45) is 5.41 Å². The number of amides is 2. The van der Waals surface area contributed by atoms with Gasteiger partial charge >= 0.3 is 0 Å². The lowest BCUT2D eigenvalue weighted by molar-refractivity contribution is -0.134. The molecule has 2 atom stereocenters. The Hall–Kier alpha value is -2.34. The Morgan fingerprint density at radius 3 is 2.54 bits per heavy atom. The Balaban J connectivity index is 1.61. The summed E-state index contributed by atoms with van der Waals surface area (Å²) in [5.74, 6) is 0.531. The Kier molecular flexibility index (Phi) is 4.68. The molecule has 2 fully saturated rings. The van der Waals surface area contributed by atoms with Crippen molar-refractivity contribution in [3.05, 3.63) is 42.0 Å². The van der Waals surface area contributed by atoms with Crippen LogP contribution in [0.25, 0.3) is 0 Å². The van der Waals surface area contributed by atoms with E-state index in [0.717, 1.165) is 19.3 Å². The summed E-state index contributed by atoms with van der Waals surface area (Å²) in [6.45, 7) is 1.76. The molecule has 3 N–H and O–H groups in total. The number of hydrogen-bond donors (Lipinski definition) is 3. The van der Waals surface area contributed by atoms with Crippen LogP contribution in [0.15, 0.2) is 36.4 Å². The van der Waals surface area contributed by atoms with Crippen LogP contribution >= 0.6 is 0 Å². The summed E-state index contributed by atoms with van der Waals surface area (Å²) < 4.78 is 5.80. The molecule has 2 amide bonds. The number of nitrogens with one attached hydrogen (secondary N) is 3. The molecule has 1 aromatic carbocycles. The third-order valence-electron chi connectivity index (χ3n) is 5.70. The first-order valence-electron chi connectivity index (χ1n) is 9.37. The second-order valence-electron chi connectivity index (χ2n) is 7.46. The van der Waals surface area contributed by atoms with Gasteiger partial charge in [0.15, 0.2) is 0 Å². The molecule has 1 aliphatic carbocycles. The van der Waals surface area contributed by atoms with Crippen molar-refractivity contribution in [3.63, 3.8) is 0 Å². The largest absolute Gasteiger partial charge is 0.489 e. The molecule has 4 rings (SSSR count). The van der Waals surface area contributed by atoms with Crippen molar-refractivity contribution < 1.29 is 14.3 Å². The number of fused-ring (bicyclic) bond motifs is 2. The molecule has 2 aliphatic heterocycles. The van der Waals surface area contributed by atoms with Crippen LogP contribution in [0.2, 0.25) is 0 Å². The number of carbonyl (C=O) groups excluding carboxylic acids is 2. The highest BCUT2D eigenvalue weighted by Gasteiger charge is 2.45. The summed E-state index contributed by atoms with van der Waals surface area (Å²) >= 11 is 0. The lowest BCUT2D eigenvalue weighted by atomic mass is 9.77. The Labute approximate surface area is 153 Å². The van der Waals surface area contributed by atoms with Gasteiger partial charge in [0.2, 0.25) is 5.91 Å². The molecule has 2 heterocycles. The molecule has 26 heavy (non-hydrogen) atoms. The van der Waals surface area contributed by atoms with Gasteiger partial charge in [0.05, 0.1) is 11.0 Å². The lowest BCUT2D eigenvalue weighted by Crippen LogP contribution is -2.63. The van der Waals surface area contributed by atoms with E-state index in [2.05, 4.69) is 16.0 Å². The fraction of sp³-hybridized carbons (Fsp3) is 0.500. The molecule has 1 saturated carbocycles. The zero-order valence-electron chi connectivity index (χ0n) is 14.8. The zero-order chi connectivity index (χ0) is 18.0. The van der Waals surface area contributed by atoms with Crippen LogP contribution in [-0.4, -0.2) is 43.6 Å². The van der Waals surface area contributed by atoms with E-state index in [1.165, 1.54) is 0 Å². The standard InChI is InChI=1S/C20H25N3O3/c24-18-14-6-1-2-9-17(14)26-11-4-3-10-20(12-21-13-20)19(25)23-16-8-5-7-15(16)22-18/h1-4,6,9,15-16,21H,5,7-8,10-13H2,(H,22,24)(H,23,25)/b4-3+/t15-,16+/m0/s1. The minimum atomic E-state index is -0.379. The number of para-hydroxylation sites is 1. The summed E-state index contributed by atoms with van der Waals surface area (Å²) in [5.41, 5.74) is 0.157. The van der Waals surface area contributed by atoms with Crippen molar-refractivity contribution in [1.29, 1.82) is 0 Å². The SMILES string of the molecule is O=C1N[C@H]2CCC[C@H]2NC(=O)C2(C/C=C/COc3ccccc31)CNC2. The van der Waals surface area contributed by atoms with Gasteiger partial charge in [0, 0.05) is 25.2 Å². The highest BCUT2D eigenvalue weighted by Crippen LogP contribution is 2.30. The summed E-state index contributed by atoms with van der Waals surface area (Å²) in [5, 5.41) is 9.54. The van der Waals surface area contributed by atoms with Crippen LogP contribution in [0.1, 0.15) is 36.0 Å². The molecule has 0 unspecified atom stereocenters. The maximum atomic E-state index is 12.9. The maximum absolute atomic E-state index is 12.9. The maximum Gasteiger partial charge on any atom is 0.255 e. The van der Waals surface area contributed by atoms with Crippen LogP contribution in [-0.2, 0) is 4.79 Å². The zero-order valence-corrected chi connectivity index (χ0v) is 14.8. The molecule has 3 aliphatic rings. The van der Waals surface area contributed by atoms with Gasteiger partial charge in [-0.25, -0.2) is 0 Å². The minimum absolute atomic E-state index is 0.0103. The van der Waals surface area contributed by atoms with E-state index in [1.54, 1.807) is 6.07 Å². The van der Waals surface area contributed by atoms with Crippen molar-refractivity contribution in [1.82, 2.24) is 16.0 Å².